The Kier molecular flexibility index (Phi) is 4.68. The number of rotatable bonds is 4. The van der Waals surface area contributed by atoms with Crippen molar-refractivity contribution in [3.63, 3.8) is 0 Å². The SMILES string of the molecule is COC1(C)CCCN(CC(C)CCl)C1. The van der Waals surface area contributed by atoms with Crippen LogP contribution in [0.25, 0.3) is 0 Å². The van der Waals surface area contributed by atoms with Crippen molar-refractivity contribution in [1.82, 2.24) is 4.90 Å². The highest BCUT2D eigenvalue weighted by molar-refractivity contribution is 6.18. The number of hydrogen-bond acceptors (Lipinski definition) is 2. The summed E-state index contributed by atoms with van der Waals surface area (Å²) in [7, 11) is 1.81. The van der Waals surface area contributed by atoms with E-state index in [-0.39, 0.29) is 5.60 Å². The molecule has 0 saturated carbocycles. The van der Waals surface area contributed by atoms with E-state index in [1.807, 2.05) is 7.11 Å². The molecule has 84 valence electrons. The summed E-state index contributed by atoms with van der Waals surface area (Å²) in [5.41, 5.74) is 0.0598. The summed E-state index contributed by atoms with van der Waals surface area (Å²) in [6.07, 6.45) is 2.41. The van der Waals surface area contributed by atoms with Crippen LogP contribution in [-0.4, -0.2) is 43.1 Å². The summed E-state index contributed by atoms with van der Waals surface area (Å²) < 4.78 is 5.55. The maximum absolute atomic E-state index is 5.82. The maximum Gasteiger partial charge on any atom is 0.0777 e. The van der Waals surface area contributed by atoms with Gasteiger partial charge in [-0.15, -0.1) is 11.6 Å². The van der Waals surface area contributed by atoms with Gasteiger partial charge in [0.25, 0.3) is 0 Å². The zero-order valence-electron chi connectivity index (χ0n) is 9.55. The van der Waals surface area contributed by atoms with E-state index in [1.54, 1.807) is 0 Å². The minimum Gasteiger partial charge on any atom is -0.377 e. The smallest absolute Gasteiger partial charge is 0.0777 e. The molecule has 0 aromatic heterocycles. The van der Waals surface area contributed by atoms with Crippen LogP contribution >= 0.6 is 11.6 Å². The second-order valence-corrected chi connectivity index (χ2v) is 5.06. The van der Waals surface area contributed by atoms with Gasteiger partial charge < -0.3 is 9.64 Å². The minimum absolute atomic E-state index is 0.0598. The Bertz CT molecular complexity index is 177. The van der Waals surface area contributed by atoms with Gasteiger partial charge in [-0.3, -0.25) is 0 Å². The van der Waals surface area contributed by atoms with Crippen molar-refractivity contribution in [2.24, 2.45) is 5.92 Å². The zero-order valence-corrected chi connectivity index (χ0v) is 10.3. The van der Waals surface area contributed by atoms with Gasteiger partial charge in [-0.05, 0) is 32.2 Å². The van der Waals surface area contributed by atoms with E-state index in [2.05, 4.69) is 18.7 Å². The number of halogens is 1. The predicted molar refractivity (Wildman–Crippen MR) is 61.0 cm³/mol. The summed E-state index contributed by atoms with van der Waals surface area (Å²) in [5.74, 6) is 1.33. The monoisotopic (exact) mass is 219 g/mol. The normalized spacial score (nSPS) is 31.7. The molecule has 1 heterocycles. The Labute approximate surface area is 92.6 Å². The quantitative estimate of drug-likeness (QED) is 0.674. The van der Waals surface area contributed by atoms with Gasteiger partial charge in [-0.2, -0.15) is 0 Å². The molecule has 0 aromatic carbocycles. The van der Waals surface area contributed by atoms with Crippen molar-refractivity contribution in [2.45, 2.75) is 32.3 Å². The molecule has 0 N–H and O–H groups in total. The Morgan fingerprint density at radius 2 is 2.29 bits per heavy atom. The number of methoxy groups -OCH3 is 1. The molecule has 0 aliphatic carbocycles. The zero-order chi connectivity index (χ0) is 10.6. The molecule has 0 radical (unpaired) electrons. The Balaban J connectivity index is 2.40. The van der Waals surface area contributed by atoms with Gasteiger partial charge >= 0.3 is 0 Å². The number of ether oxygens (including phenoxy) is 1. The molecular weight excluding hydrogens is 198 g/mol. The largest absolute Gasteiger partial charge is 0.377 e. The second-order valence-electron chi connectivity index (χ2n) is 4.75. The molecular formula is C11H22ClNO. The lowest BCUT2D eigenvalue weighted by atomic mass is 9.94. The number of alkyl halides is 1. The molecule has 0 bridgehead atoms. The molecule has 0 amide bonds. The molecule has 1 rings (SSSR count). The molecule has 3 heteroatoms. The highest BCUT2D eigenvalue weighted by Gasteiger charge is 2.30. The van der Waals surface area contributed by atoms with Gasteiger partial charge in [0.15, 0.2) is 0 Å². The first-order chi connectivity index (χ1) is 6.59. The molecule has 1 fully saturated rings. The van der Waals surface area contributed by atoms with E-state index in [0.717, 1.165) is 19.0 Å². The molecule has 14 heavy (non-hydrogen) atoms. The number of nitrogens with zero attached hydrogens (tertiary/aromatic N) is 1. The first kappa shape index (κ1) is 12.3. The number of likely N-dealkylation sites (tertiary alicyclic amines) is 1. The second kappa shape index (κ2) is 5.34. The lowest BCUT2D eigenvalue weighted by Gasteiger charge is -2.40. The van der Waals surface area contributed by atoms with E-state index < -0.39 is 0 Å². The average Bonchev–Trinajstić information content (AvgIpc) is 2.18. The highest BCUT2D eigenvalue weighted by Crippen LogP contribution is 2.24. The van der Waals surface area contributed by atoms with Gasteiger partial charge in [0.05, 0.1) is 5.60 Å². The summed E-state index contributed by atoms with van der Waals surface area (Å²) in [6, 6.07) is 0. The van der Waals surface area contributed by atoms with Crippen molar-refractivity contribution in [2.75, 3.05) is 32.6 Å². The Hall–Kier alpha value is 0.210. The van der Waals surface area contributed by atoms with Crippen LogP contribution in [0.2, 0.25) is 0 Å². The first-order valence-electron chi connectivity index (χ1n) is 5.43. The standard InChI is InChI=1S/C11H22ClNO/c1-10(7-12)8-13-6-4-5-11(2,9-13)14-3/h10H,4-9H2,1-3H3. The van der Waals surface area contributed by atoms with Crippen LogP contribution in [0.1, 0.15) is 26.7 Å². The fraction of sp³-hybridized carbons (Fsp3) is 1.00. The Morgan fingerprint density at radius 1 is 1.57 bits per heavy atom. The van der Waals surface area contributed by atoms with Gasteiger partial charge in [-0.25, -0.2) is 0 Å². The van der Waals surface area contributed by atoms with Gasteiger partial charge in [0.1, 0.15) is 0 Å². The van der Waals surface area contributed by atoms with E-state index in [0.29, 0.717) is 5.92 Å². The van der Waals surface area contributed by atoms with Gasteiger partial charge in [0.2, 0.25) is 0 Å². The summed E-state index contributed by atoms with van der Waals surface area (Å²) in [5, 5.41) is 0. The third kappa shape index (κ3) is 3.41. The molecule has 2 atom stereocenters. The Morgan fingerprint density at radius 3 is 2.86 bits per heavy atom. The lowest BCUT2D eigenvalue weighted by Crippen LogP contribution is -2.48. The first-order valence-corrected chi connectivity index (χ1v) is 5.96. The predicted octanol–water partition coefficient (Wildman–Crippen LogP) is 2.36. The molecule has 0 aromatic rings. The van der Waals surface area contributed by atoms with Crippen LogP contribution in [0.15, 0.2) is 0 Å². The minimum atomic E-state index is 0.0598. The molecule has 1 aliphatic rings. The highest BCUT2D eigenvalue weighted by atomic mass is 35.5. The van der Waals surface area contributed by atoms with Crippen LogP contribution < -0.4 is 0 Å². The number of hydrogen-bond donors (Lipinski definition) is 0. The van der Waals surface area contributed by atoms with Crippen molar-refractivity contribution in [3.8, 4) is 0 Å². The molecule has 1 aliphatic heterocycles. The van der Waals surface area contributed by atoms with E-state index in [9.17, 15) is 0 Å². The fourth-order valence-corrected chi connectivity index (χ4v) is 2.22. The van der Waals surface area contributed by atoms with Crippen LogP contribution in [0.3, 0.4) is 0 Å². The van der Waals surface area contributed by atoms with Crippen molar-refractivity contribution in [1.29, 1.82) is 0 Å². The third-order valence-electron chi connectivity index (χ3n) is 3.06. The van der Waals surface area contributed by atoms with E-state index in [1.165, 1.54) is 19.4 Å². The topological polar surface area (TPSA) is 12.5 Å². The van der Waals surface area contributed by atoms with Crippen molar-refractivity contribution < 1.29 is 4.74 Å². The van der Waals surface area contributed by atoms with Crippen LogP contribution in [0.4, 0.5) is 0 Å². The van der Waals surface area contributed by atoms with Crippen LogP contribution in [0, 0.1) is 5.92 Å². The molecule has 1 saturated heterocycles. The van der Waals surface area contributed by atoms with Gasteiger partial charge in [-0.1, -0.05) is 6.92 Å². The van der Waals surface area contributed by atoms with E-state index in [4.69, 9.17) is 16.3 Å². The van der Waals surface area contributed by atoms with Crippen LogP contribution in [-0.2, 0) is 4.74 Å². The third-order valence-corrected chi connectivity index (χ3v) is 3.59. The number of piperidine rings is 1. The average molecular weight is 220 g/mol. The molecule has 0 spiro atoms. The summed E-state index contributed by atoms with van der Waals surface area (Å²) >= 11 is 5.82. The molecule has 2 nitrogen and oxygen atoms in total. The maximum atomic E-state index is 5.82. The summed E-state index contributed by atoms with van der Waals surface area (Å²) in [4.78, 5) is 2.47. The van der Waals surface area contributed by atoms with Gasteiger partial charge in [0, 0.05) is 26.1 Å². The molecule has 2 unspecified atom stereocenters. The van der Waals surface area contributed by atoms with Crippen molar-refractivity contribution in [3.05, 3.63) is 0 Å². The van der Waals surface area contributed by atoms with Crippen molar-refractivity contribution >= 4 is 11.6 Å². The van der Waals surface area contributed by atoms with E-state index >= 15 is 0 Å². The van der Waals surface area contributed by atoms with Crippen LogP contribution in [0.5, 0.6) is 0 Å². The fourth-order valence-electron chi connectivity index (χ4n) is 2.12. The lowest BCUT2D eigenvalue weighted by molar-refractivity contribution is -0.0526. The summed E-state index contributed by atoms with van der Waals surface area (Å²) in [6.45, 7) is 7.74.